The van der Waals surface area contributed by atoms with Crippen LogP contribution in [0, 0.1) is 0 Å². The van der Waals surface area contributed by atoms with Crippen LogP contribution in [0.25, 0.3) is 0 Å². The number of nitrogens with zero attached hydrogens (tertiary/aromatic N) is 3. The molecular weight excluding hydrogens is 273 g/mol. The van der Waals surface area contributed by atoms with Crippen LogP contribution in [0.3, 0.4) is 0 Å². The highest BCUT2D eigenvalue weighted by Crippen LogP contribution is 2.57. The van der Waals surface area contributed by atoms with E-state index in [1.807, 2.05) is 4.99 Å². The molecule has 0 aliphatic carbocycles. The highest BCUT2D eigenvalue weighted by atomic mass is 31.2. The molecule has 0 radical (unpaired) electrons. The summed E-state index contributed by atoms with van der Waals surface area (Å²) in [4.78, 5) is 1.92. The molecule has 0 fully saturated rings. The highest BCUT2D eigenvalue weighted by molar-refractivity contribution is 7.55. The third-order valence-corrected chi connectivity index (χ3v) is 2.01. The van der Waals surface area contributed by atoms with Crippen LogP contribution in [-0.2, 0) is 0 Å². The van der Waals surface area contributed by atoms with E-state index in [0.717, 1.165) is 0 Å². The van der Waals surface area contributed by atoms with E-state index in [4.69, 9.17) is 0 Å². The smallest absolute Gasteiger partial charge is 0.200 e. The molecule has 0 aromatic carbocycles. The van der Waals surface area contributed by atoms with Gasteiger partial charge in [0.1, 0.15) is 0 Å². The number of rotatable bonds is 0. The van der Waals surface area contributed by atoms with E-state index in [1.54, 1.807) is 9.51 Å². The van der Waals surface area contributed by atoms with Gasteiger partial charge in [-0.25, -0.2) is 4.99 Å². The maximum atomic E-state index is 12.4. The summed E-state index contributed by atoms with van der Waals surface area (Å²) >= 11 is 0. The van der Waals surface area contributed by atoms with Gasteiger partial charge in [0.25, 0.3) is 0 Å². The molecule has 0 aromatic heterocycles. The summed E-state index contributed by atoms with van der Waals surface area (Å²) in [6.45, 7) is 0. The normalized spacial score (nSPS) is 21.0. The van der Waals surface area contributed by atoms with Crippen molar-refractivity contribution in [3.63, 3.8) is 0 Å². The Kier molecular flexibility index (Phi) is 2.86. The summed E-state index contributed by atoms with van der Waals surface area (Å²) in [5.41, 5.74) is 0. The Bertz CT molecular complexity index is 393. The minimum atomic E-state index is -6.00. The largest absolute Gasteiger partial charge is 0.451 e. The highest BCUT2D eigenvalue weighted by Gasteiger charge is 2.46. The van der Waals surface area contributed by atoms with E-state index in [2.05, 4.69) is 0 Å². The molecular formula is C4F8N3P. The third-order valence-electron chi connectivity index (χ3n) is 1.15. The Morgan fingerprint density at radius 3 is 1.62 bits per heavy atom. The molecule has 0 unspecified atom stereocenters. The average Bonchev–Trinajstić information content (AvgIpc) is 1.97. The minimum Gasteiger partial charge on any atom is -0.200 e. The third kappa shape index (κ3) is 3.00. The van der Waals surface area contributed by atoms with Gasteiger partial charge in [-0.2, -0.15) is 35.9 Å². The number of aliphatic imine (C=N–C) groups is 1. The maximum absolute atomic E-state index is 12.4. The van der Waals surface area contributed by atoms with Crippen molar-refractivity contribution in [3.05, 3.63) is 0 Å². The predicted molar refractivity (Wildman–Crippen MR) is 38.5 cm³/mol. The summed E-state index contributed by atoms with van der Waals surface area (Å²) in [7, 11) is -6.00. The van der Waals surface area contributed by atoms with Crippen LogP contribution >= 0.6 is 7.83 Å². The fourth-order valence-electron chi connectivity index (χ4n) is 0.635. The average molecular weight is 273 g/mol. The summed E-state index contributed by atoms with van der Waals surface area (Å²) < 4.78 is 99.7. The van der Waals surface area contributed by atoms with Crippen molar-refractivity contribution in [2.24, 2.45) is 14.5 Å². The molecule has 1 aliphatic rings. The number of amidine groups is 2. The van der Waals surface area contributed by atoms with Crippen LogP contribution in [0.1, 0.15) is 0 Å². The van der Waals surface area contributed by atoms with E-state index >= 15 is 0 Å². The molecule has 0 N–H and O–H groups in total. The van der Waals surface area contributed by atoms with Crippen molar-refractivity contribution in [2.45, 2.75) is 12.4 Å². The van der Waals surface area contributed by atoms with Gasteiger partial charge in [0.05, 0.1) is 0 Å². The molecule has 3 nitrogen and oxygen atoms in total. The van der Waals surface area contributed by atoms with Crippen LogP contribution in [0.5, 0.6) is 0 Å². The fraction of sp³-hybridized carbons (Fsp3) is 0.500. The first kappa shape index (κ1) is 13.1. The molecule has 0 amide bonds. The first-order valence-corrected chi connectivity index (χ1v) is 4.74. The second-order valence-electron chi connectivity index (χ2n) is 2.41. The van der Waals surface area contributed by atoms with E-state index < -0.39 is 31.9 Å². The van der Waals surface area contributed by atoms with Gasteiger partial charge in [0, 0.05) is 0 Å². The summed E-state index contributed by atoms with van der Waals surface area (Å²) in [5, 5.41) is 0. The minimum absolute atomic E-state index is 1.76. The molecule has 1 rings (SSSR count). The fourth-order valence-corrected chi connectivity index (χ4v) is 1.45. The second kappa shape index (κ2) is 3.51. The predicted octanol–water partition coefficient (Wildman–Crippen LogP) is 3.81. The molecule has 16 heavy (non-hydrogen) atoms. The van der Waals surface area contributed by atoms with Crippen molar-refractivity contribution >= 4 is 19.5 Å². The molecule has 12 heteroatoms. The van der Waals surface area contributed by atoms with Crippen LogP contribution in [-0.4, -0.2) is 24.0 Å². The molecule has 1 heterocycles. The molecule has 0 spiro atoms. The standard InChI is InChI=1S/C4F8N3P/c5-3(6,7)1-13-2(4(8,9)10)15-16(11,12)14-1. The molecule has 0 bridgehead atoms. The van der Waals surface area contributed by atoms with Crippen molar-refractivity contribution in [1.29, 1.82) is 0 Å². The first-order chi connectivity index (χ1) is 6.92. The topological polar surface area (TPSA) is 37.1 Å². The molecule has 0 atom stereocenters. The monoisotopic (exact) mass is 273 g/mol. The van der Waals surface area contributed by atoms with Crippen molar-refractivity contribution in [1.82, 2.24) is 0 Å². The Balaban J connectivity index is 3.33. The Labute approximate surface area is 82.2 Å². The van der Waals surface area contributed by atoms with Crippen LogP contribution in [0.2, 0.25) is 0 Å². The molecule has 0 saturated carbocycles. The SMILES string of the molecule is FC(F)(F)C1=NC(C(F)(F)F)=NP(F)(F)=N1. The van der Waals surface area contributed by atoms with Gasteiger partial charge in [-0.3, -0.25) is 0 Å². The lowest BCUT2D eigenvalue weighted by molar-refractivity contribution is -0.0634. The van der Waals surface area contributed by atoms with Gasteiger partial charge in [0.2, 0.25) is 11.7 Å². The molecule has 0 saturated heterocycles. The Morgan fingerprint density at radius 1 is 0.812 bits per heavy atom. The van der Waals surface area contributed by atoms with Gasteiger partial charge >= 0.3 is 20.2 Å². The number of hydrogen-bond acceptors (Lipinski definition) is 3. The summed E-state index contributed by atoms with van der Waals surface area (Å²) in [6, 6.07) is 0. The van der Waals surface area contributed by atoms with Crippen molar-refractivity contribution in [2.75, 3.05) is 0 Å². The van der Waals surface area contributed by atoms with Crippen molar-refractivity contribution < 1.29 is 34.7 Å². The van der Waals surface area contributed by atoms with Gasteiger partial charge in [0.15, 0.2) is 0 Å². The lowest BCUT2D eigenvalue weighted by Gasteiger charge is -2.14. The van der Waals surface area contributed by atoms with Gasteiger partial charge in [-0.15, -0.1) is 8.39 Å². The van der Waals surface area contributed by atoms with E-state index in [1.165, 1.54) is 0 Å². The van der Waals surface area contributed by atoms with E-state index in [-0.39, 0.29) is 0 Å². The van der Waals surface area contributed by atoms with Gasteiger partial charge in [-0.05, 0) is 0 Å². The molecule has 1 aliphatic heterocycles. The molecule has 0 aromatic rings. The zero-order valence-corrected chi connectivity index (χ0v) is 7.71. The zero-order chi connectivity index (χ0) is 12.8. The second-order valence-corrected chi connectivity index (χ2v) is 3.72. The van der Waals surface area contributed by atoms with Crippen LogP contribution in [0.15, 0.2) is 14.5 Å². The lowest BCUT2D eigenvalue weighted by atomic mass is 10.5. The maximum Gasteiger partial charge on any atom is 0.451 e. The first-order valence-electron chi connectivity index (χ1n) is 3.27. The van der Waals surface area contributed by atoms with Crippen molar-refractivity contribution in [3.8, 4) is 0 Å². The molecule has 92 valence electrons. The van der Waals surface area contributed by atoms with Gasteiger partial charge in [-0.1, -0.05) is 0 Å². The number of halogens is 8. The number of alkyl halides is 6. The summed E-state index contributed by atoms with van der Waals surface area (Å²) in [6.07, 6.45) is -11.0. The van der Waals surface area contributed by atoms with Gasteiger partial charge < -0.3 is 0 Å². The van der Waals surface area contributed by atoms with E-state index in [0.29, 0.717) is 0 Å². The lowest BCUT2D eigenvalue weighted by Crippen LogP contribution is -2.29. The number of hydrogen-bond donors (Lipinski definition) is 0. The van der Waals surface area contributed by atoms with Crippen LogP contribution in [0.4, 0.5) is 34.7 Å². The van der Waals surface area contributed by atoms with E-state index in [9.17, 15) is 34.7 Å². The van der Waals surface area contributed by atoms with Crippen LogP contribution < -0.4 is 0 Å². The quantitative estimate of drug-likeness (QED) is 0.475. The Morgan fingerprint density at radius 2 is 1.25 bits per heavy atom. The zero-order valence-electron chi connectivity index (χ0n) is 6.81. The Hall–Kier alpha value is -0.990. The summed E-state index contributed by atoms with van der Waals surface area (Å²) in [5.74, 6) is -5.04.